The SMILES string of the molecule is C=CCn1c(SCC(=O)Nc2sc3c(c2C(=O)OCC)CCC3)nnc1-c1ccc(C)cc1. The summed E-state index contributed by atoms with van der Waals surface area (Å²) < 4.78 is 7.18. The van der Waals surface area contributed by atoms with E-state index in [0.717, 1.165) is 41.1 Å². The number of anilines is 1. The van der Waals surface area contributed by atoms with Gasteiger partial charge >= 0.3 is 5.97 Å². The fraction of sp³-hybridized carbons (Fsp3) is 0.333. The fourth-order valence-corrected chi connectivity index (χ4v) is 5.85. The third kappa shape index (κ3) is 5.04. The minimum Gasteiger partial charge on any atom is -0.462 e. The minimum absolute atomic E-state index is 0.147. The van der Waals surface area contributed by atoms with Gasteiger partial charge in [0, 0.05) is 17.0 Å². The standard InChI is InChI=1S/C24H26N4O3S2/c1-4-13-28-21(16-11-9-15(3)10-12-16)26-27-24(28)32-14-19(29)25-22-20(23(30)31-5-2)17-7-6-8-18(17)33-22/h4,9-12H,1,5-8,13-14H2,2-3H3,(H,25,29). The topological polar surface area (TPSA) is 86.1 Å². The second-order valence-corrected chi connectivity index (χ2v) is 9.74. The Bertz CT molecular complexity index is 1180. The molecule has 3 aromatic rings. The Kier molecular flexibility index (Phi) is 7.29. The third-order valence-corrected chi connectivity index (χ3v) is 7.50. The maximum Gasteiger partial charge on any atom is 0.341 e. The molecule has 1 N–H and O–H groups in total. The Morgan fingerprint density at radius 2 is 2.06 bits per heavy atom. The summed E-state index contributed by atoms with van der Waals surface area (Å²) in [6.07, 6.45) is 4.59. The van der Waals surface area contributed by atoms with E-state index in [1.54, 1.807) is 13.0 Å². The van der Waals surface area contributed by atoms with E-state index in [0.29, 0.717) is 28.9 Å². The molecule has 2 aromatic heterocycles. The van der Waals surface area contributed by atoms with Crippen molar-refractivity contribution in [2.75, 3.05) is 17.7 Å². The molecule has 1 aromatic carbocycles. The first-order chi connectivity index (χ1) is 16.0. The quantitative estimate of drug-likeness (QED) is 0.265. The molecule has 2 heterocycles. The number of allylic oxidation sites excluding steroid dienone is 1. The van der Waals surface area contributed by atoms with Crippen molar-refractivity contribution < 1.29 is 14.3 Å². The lowest BCUT2D eigenvalue weighted by atomic mass is 10.1. The van der Waals surface area contributed by atoms with Crippen LogP contribution in [0.3, 0.4) is 0 Å². The number of esters is 1. The van der Waals surface area contributed by atoms with Crippen molar-refractivity contribution in [1.29, 1.82) is 0 Å². The lowest BCUT2D eigenvalue weighted by Gasteiger charge is -2.09. The van der Waals surface area contributed by atoms with Gasteiger partial charge in [0.2, 0.25) is 5.91 Å². The van der Waals surface area contributed by atoms with Crippen LogP contribution in [-0.2, 0) is 28.9 Å². The predicted molar refractivity (Wildman–Crippen MR) is 132 cm³/mol. The predicted octanol–water partition coefficient (Wildman–Crippen LogP) is 4.90. The summed E-state index contributed by atoms with van der Waals surface area (Å²) in [7, 11) is 0. The molecule has 0 saturated heterocycles. The van der Waals surface area contributed by atoms with Crippen LogP contribution >= 0.6 is 23.1 Å². The van der Waals surface area contributed by atoms with E-state index < -0.39 is 0 Å². The largest absolute Gasteiger partial charge is 0.462 e. The fourth-order valence-electron chi connectivity index (χ4n) is 3.81. The summed E-state index contributed by atoms with van der Waals surface area (Å²) in [5, 5.41) is 12.8. The average molecular weight is 483 g/mol. The summed E-state index contributed by atoms with van der Waals surface area (Å²) in [6.45, 7) is 8.48. The molecule has 0 aliphatic heterocycles. The molecule has 0 spiro atoms. The number of thiophene rings is 1. The van der Waals surface area contributed by atoms with Crippen molar-refractivity contribution in [2.24, 2.45) is 0 Å². The number of rotatable bonds is 9. The summed E-state index contributed by atoms with van der Waals surface area (Å²) >= 11 is 2.78. The molecule has 0 saturated carbocycles. The molecule has 0 bridgehead atoms. The van der Waals surface area contributed by atoms with E-state index in [1.165, 1.54) is 28.7 Å². The zero-order valence-electron chi connectivity index (χ0n) is 18.7. The van der Waals surface area contributed by atoms with E-state index in [9.17, 15) is 9.59 Å². The Morgan fingerprint density at radius 3 is 2.79 bits per heavy atom. The van der Waals surface area contributed by atoms with Gasteiger partial charge in [-0.25, -0.2) is 4.79 Å². The van der Waals surface area contributed by atoms with Crippen LogP contribution in [0.4, 0.5) is 5.00 Å². The highest BCUT2D eigenvalue weighted by atomic mass is 32.2. The Balaban J connectivity index is 1.48. The van der Waals surface area contributed by atoms with Crippen molar-refractivity contribution in [2.45, 2.75) is 44.8 Å². The van der Waals surface area contributed by atoms with Crippen molar-refractivity contribution in [3.8, 4) is 11.4 Å². The highest BCUT2D eigenvalue weighted by molar-refractivity contribution is 7.99. The van der Waals surface area contributed by atoms with Crippen LogP contribution in [0.5, 0.6) is 0 Å². The van der Waals surface area contributed by atoms with Gasteiger partial charge in [-0.15, -0.1) is 28.1 Å². The lowest BCUT2D eigenvalue weighted by Crippen LogP contribution is -2.17. The number of carbonyl (C=O) groups is 2. The van der Waals surface area contributed by atoms with Crippen LogP contribution < -0.4 is 5.32 Å². The molecule has 1 amide bonds. The van der Waals surface area contributed by atoms with Crippen LogP contribution in [0, 0.1) is 6.92 Å². The van der Waals surface area contributed by atoms with Gasteiger partial charge in [-0.1, -0.05) is 47.7 Å². The Morgan fingerprint density at radius 1 is 1.27 bits per heavy atom. The zero-order chi connectivity index (χ0) is 23.4. The molecule has 9 heteroatoms. The van der Waals surface area contributed by atoms with Crippen molar-refractivity contribution in [3.05, 3.63) is 58.5 Å². The molecule has 4 rings (SSSR count). The number of hydrogen-bond acceptors (Lipinski definition) is 7. The first-order valence-corrected chi connectivity index (χ1v) is 12.7. The number of fused-ring (bicyclic) bond motifs is 1. The number of nitrogens with one attached hydrogen (secondary N) is 1. The van der Waals surface area contributed by atoms with Crippen LogP contribution in [0.1, 0.15) is 39.7 Å². The van der Waals surface area contributed by atoms with Crippen LogP contribution in [0.25, 0.3) is 11.4 Å². The van der Waals surface area contributed by atoms with E-state index >= 15 is 0 Å². The summed E-state index contributed by atoms with van der Waals surface area (Å²) in [5.74, 6) is 0.314. The first kappa shape index (κ1) is 23.3. The van der Waals surface area contributed by atoms with E-state index in [1.807, 2.05) is 35.8 Å². The van der Waals surface area contributed by atoms with Crippen molar-refractivity contribution in [1.82, 2.24) is 14.8 Å². The van der Waals surface area contributed by atoms with Crippen LogP contribution in [0.15, 0.2) is 42.1 Å². The number of aromatic nitrogens is 3. The molecule has 172 valence electrons. The molecule has 1 aliphatic carbocycles. The molecular weight excluding hydrogens is 456 g/mol. The number of amides is 1. The van der Waals surface area contributed by atoms with E-state index in [-0.39, 0.29) is 17.6 Å². The van der Waals surface area contributed by atoms with Crippen LogP contribution in [-0.4, -0.2) is 39.0 Å². The lowest BCUT2D eigenvalue weighted by molar-refractivity contribution is -0.113. The second-order valence-electron chi connectivity index (χ2n) is 7.69. The molecule has 0 radical (unpaired) electrons. The maximum absolute atomic E-state index is 12.8. The smallest absolute Gasteiger partial charge is 0.341 e. The molecule has 0 atom stereocenters. The van der Waals surface area contributed by atoms with Gasteiger partial charge in [-0.3, -0.25) is 9.36 Å². The van der Waals surface area contributed by atoms with E-state index in [2.05, 4.69) is 22.1 Å². The highest BCUT2D eigenvalue weighted by Crippen LogP contribution is 2.39. The van der Waals surface area contributed by atoms with Gasteiger partial charge in [-0.2, -0.15) is 0 Å². The monoisotopic (exact) mass is 482 g/mol. The third-order valence-electron chi connectivity index (χ3n) is 5.32. The minimum atomic E-state index is -0.367. The first-order valence-electron chi connectivity index (χ1n) is 10.9. The zero-order valence-corrected chi connectivity index (χ0v) is 20.4. The number of hydrogen-bond donors (Lipinski definition) is 1. The van der Waals surface area contributed by atoms with Gasteiger partial charge in [0.05, 0.1) is 17.9 Å². The summed E-state index contributed by atoms with van der Waals surface area (Å²) in [6, 6.07) is 8.07. The average Bonchev–Trinajstić information content (AvgIpc) is 3.48. The number of ether oxygens (including phenoxy) is 1. The maximum atomic E-state index is 12.8. The highest BCUT2D eigenvalue weighted by Gasteiger charge is 2.28. The number of benzene rings is 1. The van der Waals surface area contributed by atoms with Gasteiger partial charge in [0.25, 0.3) is 0 Å². The number of aryl methyl sites for hydroxylation is 2. The molecule has 33 heavy (non-hydrogen) atoms. The Labute approximate surface area is 201 Å². The summed E-state index contributed by atoms with van der Waals surface area (Å²) in [5.41, 5.74) is 3.67. The van der Waals surface area contributed by atoms with E-state index in [4.69, 9.17) is 4.74 Å². The summed E-state index contributed by atoms with van der Waals surface area (Å²) in [4.78, 5) is 26.5. The van der Waals surface area contributed by atoms with Gasteiger partial charge in [0.1, 0.15) is 5.00 Å². The number of nitrogens with zero attached hydrogens (tertiary/aromatic N) is 3. The molecule has 0 fully saturated rings. The molecule has 0 unspecified atom stereocenters. The number of carbonyl (C=O) groups excluding carboxylic acids is 2. The normalized spacial score (nSPS) is 12.4. The van der Waals surface area contributed by atoms with Crippen molar-refractivity contribution >= 4 is 40.0 Å². The van der Waals surface area contributed by atoms with Crippen molar-refractivity contribution in [3.63, 3.8) is 0 Å². The van der Waals surface area contributed by atoms with Gasteiger partial charge in [-0.05, 0) is 38.7 Å². The Hall–Kier alpha value is -2.91. The van der Waals surface area contributed by atoms with Crippen LogP contribution in [0.2, 0.25) is 0 Å². The number of thioether (sulfide) groups is 1. The van der Waals surface area contributed by atoms with Gasteiger partial charge < -0.3 is 10.1 Å². The molecule has 1 aliphatic rings. The molecular formula is C24H26N4O3S2. The molecule has 7 nitrogen and oxygen atoms in total. The second kappa shape index (κ2) is 10.4. The van der Waals surface area contributed by atoms with Gasteiger partial charge in [0.15, 0.2) is 11.0 Å².